The molecule has 0 spiro atoms. The van der Waals surface area contributed by atoms with Crippen LogP contribution in [-0.4, -0.2) is 20.9 Å². The molecule has 5 nitrogen and oxygen atoms in total. The Balaban J connectivity index is 1.85. The van der Waals surface area contributed by atoms with Gasteiger partial charge in [-0.25, -0.2) is 0 Å². The van der Waals surface area contributed by atoms with Gasteiger partial charge in [0, 0.05) is 22.6 Å². The monoisotopic (exact) mass is 390 g/mol. The predicted molar refractivity (Wildman–Crippen MR) is 114 cm³/mol. The number of aromatic nitrogens is 3. The van der Waals surface area contributed by atoms with Gasteiger partial charge in [-0.15, -0.1) is 16.8 Å². The zero-order valence-corrected chi connectivity index (χ0v) is 17.0. The highest BCUT2D eigenvalue weighted by Crippen LogP contribution is 2.40. The van der Waals surface area contributed by atoms with Gasteiger partial charge in [-0.3, -0.25) is 0 Å². The molecule has 1 aliphatic heterocycles. The van der Waals surface area contributed by atoms with E-state index in [0.717, 1.165) is 22.6 Å². The molecule has 1 atom stereocenters. The fourth-order valence-electron chi connectivity index (χ4n) is 3.58. The lowest BCUT2D eigenvalue weighted by molar-refractivity contribution is 0.224. The zero-order chi connectivity index (χ0) is 19.7. The van der Waals surface area contributed by atoms with Gasteiger partial charge >= 0.3 is 0 Å². The summed E-state index contributed by atoms with van der Waals surface area (Å²) >= 11 is 1.48. The molecule has 0 unspecified atom stereocenters. The van der Waals surface area contributed by atoms with Crippen LogP contribution < -0.4 is 10.1 Å². The number of hydrogen-bond acceptors (Lipinski definition) is 6. The summed E-state index contributed by atoms with van der Waals surface area (Å²) in [5, 5.41) is 12.8. The van der Waals surface area contributed by atoms with Crippen molar-refractivity contribution in [3.63, 3.8) is 0 Å². The van der Waals surface area contributed by atoms with Gasteiger partial charge in [-0.2, -0.15) is 4.98 Å². The van der Waals surface area contributed by atoms with Crippen LogP contribution in [0, 0.1) is 20.8 Å². The summed E-state index contributed by atoms with van der Waals surface area (Å²) in [6.07, 6.45) is 1.45. The molecule has 2 aromatic carbocycles. The van der Waals surface area contributed by atoms with Crippen molar-refractivity contribution in [3.8, 4) is 17.1 Å². The van der Waals surface area contributed by atoms with Crippen LogP contribution in [0.2, 0.25) is 0 Å². The van der Waals surface area contributed by atoms with E-state index in [-0.39, 0.29) is 6.23 Å². The molecule has 142 valence electrons. The van der Waals surface area contributed by atoms with Crippen LogP contribution in [0.3, 0.4) is 0 Å². The standard InChI is InChI=1S/C22H22N4OS/c1-5-10-28-22-24-21-19(25-26-22)16-8-6-7-9-17(16)23-20(27-21)18-14(3)11-13(2)12-15(18)4/h5-9,11-12,20,23H,1,10H2,2-4H3/t20-/m1/s1. The van der Waals surface area contributed by atoms with Crippen molar-refractivity contribution in [2.24, 2.45) is 0 Å². The van der Waals surface area contributed by atoms with Gasteiger partial charge in [0.25, 0.3) is 0 Å². The molecule has 0 bridgehead atoms. The average Bonchev–Trinajstić information content (AvgIpc) is 2.81. The summed E-state index contributed by atoms with van der Waals surface area (Å²) in [5.74, 6) is 1.21. The number of nitrogens with zero attached hydrogens (tertiary/aromatic N) is 3. The number of fused-ring (bicyclic) bond motifs is 3. The van der Waals surface area contributed by atoms with E-state index in [1.54, 1.807) is 0 Å². The Morgan fingerprint density at radius 2 is 1.89 bits per heavy atom. The summed E-state index contributed by atoms with van der Waals surface area (Å²) in [5.41, 5.74) is 7.25. The summed E-state index contributed by atoms with van der Waals surface area (Å²) in [6.45, 7) is 10.1. The molecule has 0 amide bonds. The number of thioether (sulfide) groups is 1. The van der Waals surface area contributed by atoms with Crippen LogP contribution in [0.4, 0.5) is 5.69 Å². The van der Waals surface area contributed by atoms with Crippen LogP contribution in [0.25, 0.3) is 11.3 Å². The van der Waals surface area contributed by atoms with Crippen LogP contribution >= 0.6 is 11.8 Å². The minimum Gasteiger partial charge on any atom is -0.448 e. The lowest BCUT2D eigenvalue weighted by Gasteiger charge is -2.23. The Morgan fingerprint density at radius 3 is 2.64 bits per heavy atom. The fourth-order valence-corrected chi connectivity index (χ4v) is 4.09. The number of aryl methyl sites for hydroxylation is 3. The van der Waals surface area contributed by atoms with Gasteiger partial charge in [-0.05, 0) is 38.0 Å². The van der Waals surface area contributed by atoms with Gasteiger partial charge in [-0.1, -0.05) is 53.7 Å². The molecular weight excluding hydrogens is 368 g/mol. The smallest absolute Gasteiger partial charge is 0.247 e. The average molecular weight is 391 g/mol. The molecular formula is C22H22N4OS. The number of rotatable bonds is 4. The molecule has 0 saturated carbocycles. The first-order valence-electron chi connectivity index (χ1n) is 9.15. The third-order valence-corrected chi connectivity index (χ3v) is 5.50. The van der Waals surface area contributed by atoms with E-state index in [2.05, 4.69) is 60.0 Å². The van der Waals surface area contributed by atoms with Gasteiger partial charge in [0.15, 0.2) is 11.9 Å². The summed E-state index contributed by atoms with van der Waals surface area (Å²) in [7, 11) is 0. The molecule has 4 rings (SSSR count). The van der Waals surface area contributed by atoms with Crippen molar-refractivity contribution >= 4 is 17.4 Å². The maximum Gasteiger partial charge on any atom is 0.247 e. The maximum absolute atomic E-state index is 6.38. The molecule has 28 heavy (non-hydrogen) atoms. The Kier molecular flexibility index (Phi) is 5.05. The fraction of sp³-hybridized carbons (Fsp3) is 0.227. The molecule has 2 heterocycles. The molecule has 0 fully saturated rings. The topological polar surface area (TPSA) is 59.9 Å². The largest absolute Gasteiger partial charge is 0.448 e. The predicted octanol–water partition coefficient (Wildman–Crippen LogP) is 5.25. The highest BCUT2D eigenvalue weighted by molar-refractivity contribution is 7.99. The Hall–Kier alpha value is -2.86. The van der Waals surface area contributed by atoms with E-state index in [1.807, 2.05) is 30.3 Å². The minimum atomic E-state index is -0.364. The highest BCUT2D eigenvalue weighted by atomic mass is 32.2. The van der Waals surface area contributed by atoms with Crippen molar-refractivity contribution in [2.75, 3.05) is 11.1 Å². The molecule has 0 saturated heterocycles. The third-order valence-electron chi connectivity index (χ3n) is 4.66. The number of benzene rings is 2. The van der Waals surface area contributed by atoms with E-state index in [0.29, 0.717) is 16.7 Å². The van der Waals surface area contributed by atoms with Crippen molar-refractivity contribution in [3.05, 3.63) is 71.3 Å². The summed E-state index contributed by atoms with van der Waals surface area (Å²) < 4.78 is 6.38. The first-order valence-corrected chi connectivity index (χ1v) is 10.1. The molecule has 0 aliphatic carbocycles. The zero-order valence-electron chi connectivity index (χ0n) is 16.2. The lowest BCUT2D eigenvalue weighted by Crippen LogP contribution is -2.19. The van der Waals surface area contributed by atoms with Crippen molar-refractivity contribution in [1.82, 2.24) is 15.2 Å². The second-order valence-corrected chi connectivity index (χ2v) is 7.84. The molecule has 6 heteroatoms. The first kappa shape index (κ1) is 18.5. The number of nitrogens with one attached hydrogen (secondary N) is 1. The molecule has 1 aliphatic rings. The molecule has 1 aromatic heterocycles. The Bertz CT molecular complexity index is 1030. The SMILES string of the molecule is C=CCSc1nnc2c(n1)O[C@H](c1c(C)cc(C)cc1C)Nc1ccccc1-2. The Labute approximate surface area is 169 Å². The number of para-hydroxylation sites is 1. The van der Waals surface area contributed by atoms with Crippen LogP contribution in [-0.2, 0) is 0 Å². The highest BCUT2D eigenvalue weighted by Gasteiger charge is 2.27. The van der Waals surface area contributed by atoms with E-state index >= 15 is 0 Å². The second kappa shape index (κ2) is 7.64. The second-order valence-electron chi connectivity index (χ2n) is 6.85. The lowest BCUT2D eigenvalue weighted by atomic mass is 9.98. The Morgan fingerprint density at radius 1 is 1.14 bits per heavy atom. The van der Waals surface area contributed by atoms with E-state index in [4.69, 9.17) is 4.74 Å². The first-order chi connectivity index (χ1) is 13.6. The van der Waals surface area contributed by atoms with Gasteiger partial charge in [0.2, 0.25) is 11.0 Å². The van der Waals surface area contributed by atoms with E-state index in [9.17, 15) is 0 Å². The number of anilines is 1. The van der Waals surface area contributed by atoms with Gasteiger partial charge in [0.05, 0.1) is 0 Å². The summed E-state index contributed by atoms with van der Waals surface area (Å²) in [6, 6.07) is 12.4. The van der Waals surface area contributed by atoms with Crippen LogP contribution in [0.15, 0.2) is 54.2 Å². The normalized spacial score (nSPS) is 14.9. The van der Waals surface area contributed by atoms with E-state index < -0.39 is 0 Å². The number of hydrogen-bond donors (Lipinski definition) is 1. The van der Waals surface area contributed by atoms with Crippen molar-refractivity contribution < 1.29 is 4.74 Å². The van der Waals surface area contributed by atoms with E-state index in [1.165, 1.54) is 28.5 Å². The van der Waals surface area contributed by atoms with Gasteiger partial charge < -0.3 is 10.1 Å². The van der Waals surface area contributed by atoms with Gasteiger partial charge in [0.1, 0.15) is 0 Å². The molecule has 3 aromatic rings. The molecule has 0 radical (unpaired) electrons. The maximum atomic E-state index is 6.38. The minimum absolute atomic E-state index is 0.364. The van der Waals surface area contributed by atoms with Crippen molar-refractivity contribution in [1.29, 1.82) is 0 Å². The molecule has 1 N–H and O–H groups in total. The summed E-state index contributed by atoms with van der Waals surface area (Å²) in [4.78, 5) is 4.64. The van der Waals surface area contributed by atoms with Crippen LogP contribution in [0.5, 0.6) is 5.88 Å². The number of ether oxygens (including phenoxy) is 1. The third kappa shape index (κ3) is 3.47. The van der Waals surface area contributed by atoms with Crippen molar-refractivity contribution in [2.45, 2.75) is 32.2 Å². The quantitative estimate of drug-likeness (QED) is 0.485. The van der Waals surface area contributed by atoms with Crippen LogP contribution in [0.1, 0.15) is 28.5 Å².